The highest BCUT2D eigenvalue weighted by Crippen LogP contribution is 2.22. The van der Waals surface area contributed by atoms with E-state index in [1.807, 2.05) is 0 Å². The van der Waals surface area contributed by atoms with Crippen LogP contribution in [-0.4, -0.2) is 25.9 Å². The lowest BCUT2D eigenvalue weighted by Gasteiger charge is -2.12. The zero-order valence-electron chi connectivity index (χ0n) is 8.54. The van der Waals surface area contributed by atoms with Crippen LogP contribution in [0.1, 0.15) is 0 Å². The van der Waals surface area contributed by atoms with E-state index in [1.54, 1.807) is 7.05 Å². The molecule has 0 unspecified atom stereocenters. The summed E-state index contributed by atoms with van der Waals surface area (Å²) in [6.07, 6.45) is -1.08. The molecule has 1 aliphatic rings. The summed E-state index contributed by atoms with van der Waals surface area (Å²) in [5.41, 5.74) is 0.153. The number of nitrogens with one attached hydrogen (secondary N) is 1. The molecular weight excluding hydrogens is 218 g/mol. The molecule has 4 nitrogen and oxygen atoms in total. The SMILES string of the molecule is CN[C@@H]1CN(c2cc(F)cc(F)c2)C(=O)O1. The number of hydrogen-bond donors (Lipinski definition) is 1. The van der Waals surface area contributed by atoms with Gasteiger partial charge < -0.3 is 4.74 Å². The Morgan fingerprint density at radius 3 is 2.50 bits per heavy atom. The molecule has 1 fully saturated rings. The van der Waals surface area contributed by atoms with Gasteiger partial charge in [-0.2, -0.15) is 0 Å². The predicted octanol–water partition coefficient (Wildman–Crippen LogP) is 1.47. The van der Waals surface area contributed by atoms with Crippen molar-refractivity contribution in [3.05, 3.63) is 29.8 Å². The van der Waals surface area contributed by atoms with Crippen molar-refractivity contribution in [2.75, 3.05) is 18.5 Å². The van der Waals surface area contributed by atoms with Crippen molar-refractivity contribution in [3.8, 4) is 0 Å². The van der Waals surface area contributed by atoms with E-state index in [9.17, 15) is 13.6 Å². The molecule has 0 aliphatic carbocycles. The molecule has 0 spiro atoms. The van der Waals surface area contributed by atoms with Crippen LogP contribution < -0.4 is 10.2 Å². The molecule has 0 bridgehead atoms. The molecule has 1 atom stereocenters. The smallest absolute Gasteiger partial charge is 0.416 e. The highest BCUT2D eigenvalue weighted by Gasteiger charge is 2.31. The molecule has 16 heavy (non-hydrogen) atoms. The number of cyclic esters (lactones) is 1. The van der Waals surface area contributed by atoms with Gasteiger partial charge in [-0.1, -0.05) is 0 Å². The summed E-state index contributed by atoms with van der Waals surface area (Å²) in [6.45, 7) is 0.220. The standard InChI is InChI=1S/C10H10F2N2O2/c1-13-9-5-14(10(15)16-9)8-3-6(11)2-7(12)4-8/h2-4,9,13H,5H2,1H3/t9-/m0/s1. The number of ether oxygens (including phenoxy) is 1. The highest BCUT2D eigenvalue weighted by atomic mass is 19.1. The molecular formula is C10H10F2N2O2. The van der Waals surface area contributed by atoms with E-state index in [0.29, 0.717) is 0 Å². The van der Waals surface area contributed by atoms with E-state index in [1.165, 1.54) is 4.90 Å². The van der Waals surface area contributed by atoms with Gasteiger partial charge in [0.2, 0.25) is 0 Å². The Morgan fingerprint density at radius 2 is 2.00 bits per heavy atom. The number of nitrogens with zero attached hydrogens (tertiary/aromatic N) is 1. The van der Waals surface area contributed by atoms with Crippen LogP contribution in [0.3, 0.4) is 0 Å². The van der Waals surface area contributed by atoms with Gasteiger partial charge in [0.05, 0.1) is 12.2 Å². The van der Waals surface area contributed by atoms with E-state index < -0.39 is 24.0 Å². The second kappa shape index (κ2) is 4.05. The summed E-state index contributed by atoms with van der Waals surface area (Å²) in [5.74, 6) is -1.45. The highest BCUT2D eigenvalue weighted by molar-refractivity contribution is 5.89. The zero-order chi connectivity index (χ0) is 11.7. The summed E-state index contributed by atoms with van der Waals surface area (Å²) < 4.78 is 30.8. The second-order valence-corrected chi connectivity index (χ2v) is 3.40. The maximum Gasteiger partial charge on any atom is 0.416 e. The van der Waals surface area contributed by atoms with E-state index in [0.717, 1.165) is 18.2 Å². The van der Waals surface area contributed by atoms with Gasteiger partial charge in [0.25, 0.3) is 0 Å². The van der Waals surface area contributed by atoms with Gasteiger partial charge in [-0.3, -0.25) is 10.2 Å². The van der Waals surface area contributed by atoms with Crippen LogP contribution in [0.4, 0.5) is 19.3 Å². The monoisotopic (exact) mass is 228 g/mol. The fourth-order valence-corrected chi connectivity index (χ4v) is 1.52. The Morgan fingerprint density at radius 1 is 1.38 bits per heavy atom. The van der Waals surface area contributed by atoms with Crippen LogP contribution in [-0.2, 0) is 4.74 Å². The number of rotatable bonds is 2. The third-order valence-corrected chi connectivity index (χ3v) is 2.29. The quantitative estimate of drug-likeness (QED) is 0.833. The second-order valence-electron chi connectivity index (χ2n) is 3.40. The Hall–Kier alpha value is -1.69. The van der Waals surface area contributed by atoms with Crippen molar-refractivity contribution < 1.29 is 18.3 Å². The lowest BCUT2D eigenvalue weighted by atomic mass is 10.2. The molecule has 0 saturated carbocycles. The lowest BCUT2D eigenvalue weighted by molar-refractivity contribution is 0.128. The first-order valence-corrected chi connectivity index (χ1v) is 4.71. The molecule has 6 heteroatoms. The van der Waals surface area contributed by atoms with E-state index in [2.05, 4.69) is 5.32 Å². The van der Waals surface area contributed by atoms with Crippen molar-refractivity contribution in [1.82, 2.24) is 5.32 Å². The van der Waals surface area contributed by atoms with Gasteiger partial charge in [0.1, 0.15) is 11.6 Å². The number of amides is 1. The Bertz CT molecular complexity index is 405. The summed E-state index contributed by atoms with van der Waals surface area (Å²) in [4.78, 5) is 12.6. The topological polar surface area (TPSA) is 41.6 Å². The first kappa shape index (κ1) is 10.8. The van der Waals surface area contributed by atoms with Crippen LogP contribution in [0.25, 0.3) is 0 Å². The molecule has 2 rings (SSSR count). The largest absolute Gasteiger partial charge is 0.428 e. The van der Waals surface area contributed by atoms with Crippen LogP contribution >= 0.6 is 0 Å². The first-order valence-electron chi connectivity index (χ1n) is 4.71. The van der Waals surface area contributed by atoms with Gasteiger partial charge in [-0.15, -0.1) is 0 Å². The number of hydrogen-bond acceptors (Lipinski definition) is 3. The van der Waals surface area contributed by atoms with Crippen molar-refractivity contribution in [3.63, 3.8) is 0 Å². The summed E-state index contributed by atoms with van der Waals surface area (Å²) in [7, 11) is 1.63. The fraction of sp³-hybridized carbons (Fsp3) is 0.300. The number of carbonyl (C=O) groups excluding carboxylic acids is 1. The Labute approximate surface area is 90.8 Å². The Kier molecular flexibility index (Phi) is 2.74. The van der Waals surface area contributed by atoms with Gasteiger partial charge in [0.15, 0.2) is 6.23 Å². The fourth-order valence-electron chi connectivity index (χ4n) is 1.52. The number of carbonyl (C=O) groups is 1. The third-order valence-electron chi connectivity index (χ3n) is 2.29. The number of halogens is 2. The van der Waals surface area contributed by atoms with Crippen LogP contribution in [0.5, 0.6) is 0 Å². The number of likely N-dealkylation sites (N-methyl/N-ethyl adjacent to an activating group) is 1. The summed E-state index contributed by atoms with van der Waals surface area (Å²) >= 11 is 0. The maximum atomic E-state index is 13.0. The molecule has 86 valence electrons. The minimum absolute atomic E-state index is 0.153. The van der Waals surface area contributed by atoms with E-state index >= 15 is 0 Å². The maximum absolute atomic E-state index is 13.0. The van der Waals surface area contributed by atoms with Crippen molar-refractivity contribution >= 4 is 11.8 Å². The minimum Gasteiger partial charge on any atom is -0.428 e. The van der Waals surface area contributed by atoms with Crippen LogP contribution in [0.2, 0.25) is 0 Å². The Balaban J connectivity index is 2.27. The third kappa shape index (κ3) is 1.96. The lowest BCUT2D eigenvalue weighted by Crippen LogP contribution is -2.30. The van der Waals surface area contributed by atoms with Gasteiger partial charge >= 0.3 is 6.09 Å². The van der Waals surface area contributed by atoms with Gasteiger partial charge in [0, 0.05) is 6.07 Å². The molecule has 1 aromatic rings. The molecule has 0 radical (unpaired) electrons. The molecule has 1 saturated heterocycles. The number of benzene rings is 1. The summed E-state index contributed by atoms with van der Waals surface area (Å²) in [6, 6.07) is 2.92. The van der Waals surface area contributed by atoms with Crippen LogP contribution in [0, 0.1) is 11.6 Å². The molecule has 1 aromatic carbocycles. The molecule has 1 amide bonds. The number of anilines is 1. The van der Waals surface area contributed by atoms with Crippen molar-refractivity contribution in [2.24, 2.45) is 0 Å². The summed E-state index contributed by atoms with van der Waals surface area (Å²) in [5, 5.41) is 2.75. The molecule has 1 heterocycles. The van der Waals surface area contributed by atoms with E-state index in [4.69, 9.17) is 4.74 Å². The van der Waals surface area contributed by atoms with Crippen molar-refractivity contribution in [1.29, 1.82) is 0 Å². The molecule has 1 aliphatic heterocycles. The van der Waals surface area contributed by atoms with Crippen LogP contribution in [0.15, 0.2) is 18.2 Å². The zero-order valence-corrected chi connectivity index (χ0v) is 8.54. The van der Waals surface area contributed by atoms with Crippen molar-refractivity contribution in [2.45, 2.75) is 6.23 Å². The minimum atomic E-state index is -0.726. The molecule has 1 N–H and O–H groups in total. The normalized spacial score (nSPS) is 20.1. The molecule has 0 aromatic heterocycles. The predicted molar refractivity (Wildman–Crippen MR) is 53.0 cm³/mol. The van der Waals surface area contributed by atoms with E-state index in [-0.39, 0.29) is 12.2 Å². The van der Waals surface area contributed by atoms with Gasteiger partial charge in [-0.05, 0) is 19.2 Å². The average molecular weight is 228 g/mol. The van der Waals surface area contributed by atoms with Gasteiger partial charge in [-0.25, -0.2) is 13.6 Å². The first-order chi connectivity index (χ1) is 7.60. The average Bonchev–Trinajstić information content (AvgIpc) is 2.58.